The third kappa shape index (κ3) is 5.25. The lowest BCUT2D eigenvalue weighted by Gasteiger charge is -2.29. The number of nitrogens with zero attached hydrogens (tertiary/aromatic N) is 1. The van der Waals surface area contributed by atoms with Gasteiger partial charge >= 0.3 is 0 Å². The van der Waals surface area contributed by atoms with Gasteiger partial charge in [-0.25, -0.2) is 0 Å². The average molecular weight is 280 g/mol. The molecule has 1 aromatic heterocycles. The van der Waals surface area contributed by atoms with Crippen LogP contribution in [-0.2, 0) is 13.1 Å². The molecule has 2 heterocycles. The molecule has 1 aliphatic heterocycles. The Morgan fingerprint density at radius 1 is 1.26 bits per heavy atom. The lowest BCUT2D eigenvalue weighted by molar-refractivity contribution is 0.186. The summed E-state index contributed by atoms with van der Waals surface area (Å²) in [5.41, 5.74) is 0. The van der Waals surface area contributed by atoms with E-state index < -0.39 is 0 Å². The number of hydrogen-bond acceptors (Lipinski definition) is 3. The minimum Gasteiger partial charge on any atom is -0.312 e. The quantitative estimate of drug-likeness (QED) is 0.854. The summed E-state index contributed by atoms with van der Waals surface area (Å²) in [7, 11) is 0. The molecule has 1 fully saturated rings. The zero-order chi connectivity index (χ0) is 13.7. The fourth-order valence-electron chi connectivity index (χ4n) is 2.53. The standard InChI is InChI=1S/C16H28N2S/c1-13(2)10-17-11-15-4-5-16(19-15)12-18-8-6-14(3)7-9-18/h4-5,13-14,17H,6-12H2,1-3H3. The highest BCUT2D eigenvalue weighted by Crippen LogP contribution is 2.22. The van der Waals surface area contributed by atoms with Gasteiger partial charge in [-0.15, -0.1) is 11.3 Å². The second-order valence-electron chi connectivity index (χ2n) is 6.35. The van der Waals surface area contributed by atoms with Crippen LogP contribution in [0, 0.1) is 11.8 Å². The van der Waals surface area contributed by atoms with Crippen LogP contribution in [0.15, 0.2) is 12.1 Å². The second-order valence-corrected chi connectivity index (χ2v) is 7.60. The van der Waals surface area contributed by atoms with E-state index in [1.807, 2.05) is 11.3 Å². The van der Waals surface area contributed by atoms with Crippen LogP contribution in [0.3, 0.4) is 0 Å². The van der Waals surface area contributed by atoms with Crippen molar-refractivity contribution in [2.24, 2.45) is 11.8 Å². The Morgan fingerprint density at radius 3 is 2.63 bits per heavy atom. The first-order valence-corrected chi connectivity index (χ1v) is 8.46. The molecule has 0 bridgehead atoms. The molecule has 1 saturated heterocycles. The van der Waals surface area contributed by atoms with Gasteiger partial charge in [0.15, 0.2) is 0 Å². The fourth-order valence-corrected chi connectivity index (χ4v) is 3.56. The number of nitrogens with one attached hydrogen (secondary N) is 1. The Hall–Kier alpha value is -0.380. The van der Waals surface area contributed by atoms with Gasteiger partial charge in [-0.2, -0.15) is 0 Å². The van der Waals surface area contributed by atoms with Crippen LogP contribution >= 0.6 is 11.3 Å². The first-order valence-electron chi connectivity index (χ1n) is 7.64. The van der Waals surface area contributed by atoms with Crippen molar-refractivity contribution < 1.29 is 0 Å². The fraction of sp³-hybridized carbons (Fsp3) is 0.750. The zero-order valence-electron chi connectivity index (χ0n) is 12.6. The van der Waals surface area contributed by atoms with Gasteiger partial charge in [0, 0.05) is 22.8 Å². The van der Waals surface area contributed by atoms with Crippen LogP contribution in [-0.4, -0.2) is 24.5 Å². The summed E-state index contributed by atoms with van der Waals surface area (Å²) in [5, 5.41) is 3.52. The molecule has 1 N–H and O–H groups in total. The highest BCUT2D eigenvalue weighted by Gasteiger charge is 2.16. The molecule has 0 spiro atoms. The summed E-state index contributed by atoms with van der Waals surface area (Å²) in [6, 6.07) is 4.61. The van der Waals surface area contributed by atoms with E-state index in [1.165, 1.54) is 35.7 Å². The molecule has 0 amide bonds. The third-order valence-corrected chi connectivity index (χ3v) is 4.89. The van der Waals surface area contributed by atoms with E-state index in [0.717, 1.165) is 31.5 Å². The van der Waals surface area contributed by atoms with Crippen molar-refractivity contribution in [2.75, 3.05) is 19.6 Å². The van der Waals surface area contributed by atoms with Gasteiger partial charge in [0.05, 0.1) is 0 Å². The molecule has 3 heteroatoms. The number of rotatable bonds is 6. The summed E-state index contributed by atoms with van der Waals surface area (Å²) in [5.74, 6) is 1.66. The van der Waals surface area contributed by atoms with E-state index >= 15 is 0 Å². The summed E-state index contributed by atoms with van der Waals surface area (Å²) < 4.78 is 0. The largest absolute Gasteiger partial charge is 0.312 e. The van der Waals surface area contributed by atoms with Crippen LogP contribution in [0.5, 0.6) is 0 Å². The Kier molecular flexibility index (Phi) is 5.86. The van der Waals surface area contributed by atoms with Crippen molar-refractivity contribution in [1.82, 2.24) is 10.2 Å². The maximum absolute atomic E-state index is 3.52. The molecule has 0 aromatic carbocycles. The SMILES string of the molecule is CC(C)CNCc1ccc(CN2CCC(C)CC2)s1. The topological polar surface area (TPSA) is 15.3 Å². The maximum Gasteiger partial charge on any atom is 0.0328 e. The van der Waals surface area contributed by atoms with Crippen molar-refractivity contribution in [3.8, 4) is 0 Å². The average Bonchev–Trinajstić information content (AvgIpc) is 2.79. The van der Waals surface area contributed by atoms with E-state index in [4.69, 9.17) is 0 Å². The molecular weight excluding hydrogens is 252 g/mol. The van der Waals surface area contributed by atoms with E-state index in [0.29, 0.717) is 0 Å². The molecule has 1 aromatic rings. The minimum atomic E-state index is 0.731. The summed E-state index contributed by atoms with van der Waals surface area (Å²) >= 11 is 1.97. The molecule has 19 heavy (non-hydrogen) atoms. The van der Waals surface area contributed by atoms with Crippen LogP contribution in [0.1, 0.15) is 43.4 Å². The van der Waals surface area contributed by atoms with Gasteiger partial charge in [-0.05, 0) is 56.4 Å². The molecule has 0 aliphatic carbocycles. The maximum atomic E-state index is 3.52. The zero-order valence-corrected chi connectivity index (χ0v) is 13.4. The molecule has 2 nitrogen and oxygen atoms in total. The first-order chi connectivity index (χ1) is 9.13. The number of hydrogen-bond donors (Lipinski definition) is 1. The monoisotopic (exact) mass is 280 g/mol. The highest BCUT2D eigenvalue weighted by atomic mass is 32.1. The van der Waals surface area contributed by atoms with E-state index in [1.54, 1.807) is 0 Å². The van der Waals surface area contributed by atoms with E-state index in [-0.39, 0.29) is 0 Å². The minimum absolute atomic E-state index is 0.731. The predicted molar refractivity (Wildman–Crippen MR) is 84.5 cm³/mol. The third-order valence-electron chi connectivity index (χ3n) is 3.82. The lowest BCUT2D eigenvalue weighted by Crippen LogP contribution is -2.32. The summed E-state index contributed by atoms with van der Waals surface area (Å²) in [6.07, 6.45) is 2.74. The molecule has 0 unspecified atom stereocenters. The lowest BCUT2D eigenvalue weighted by atomic mass is 9.99. The highest BCUT2D eigenvalue weighted by molar-refractivity contribution is 7.11. The van der Waals surface area contributed by atoms with E-state index in [9.17, 15) is 0 Å². The predicted octanol–water partition coefficient (Wildman–Crippen LogP) is 3.73. The van der Waals surface area contributed by atoms with Gasteiger partial charge in [-0.1, -0.05) is 20.8 Å². The van der Waals surface area contributed by atoms with Crippen molar-refractivity contribution in [2.45, 2.75) is 46.7 Å². The Balaban J connectivity index is 1.74. The molecule has 0 atom stereocenters. The second kappa shape index (κ2) is 7.41. The van der Waals surface area contributed by atoms with Gasteiger partial charge in [0.25, 0.3) is 0 Å². The number of likely N-dealkylation sites (tertiary alicyclic amines) is 1. The number of thiophene rings is 1. The van der Waals surface area contributed by atoms with Crippen molar-refractivity contribution in [3.63, 3.8) is 0 Å². The summed E-state index contributed by atoms with van der Waals surface area (Å²) in [6.45, 7) is 12.7. The normalized spacial score (nSPS) is 18.3. The van der Waals surface area contributed by atoms with Gasteiger partial charge in [0.1, 0.15) is 0 Å². The molecule has 2 rings (SSSR count). The van der Waals surface area contributed by atoms with Crippen LogP contribution in [0.2, 0.25) is 0 Å². The summed E-state index contributed by atoms with van der Waals surface area (Å²) in [4.78, 5) is 5.61. The Labute approximate surface area is 122 Å². The van der Waals surface area contributed by atoms with Gasteiger partial charge < -0.3 is 5.32 Å². The smallest absolute Gasteiger partial charge is 0.0328 e. The van der Waals surface area contributed by atoms with Crippen molar-refractivity contribution in [3.05, 3.63) is 21.9 Å². The van der Waals surface area contributed by atoms with Gasteiger partial charge in [-0.3, -0.25) is 4.90 Å². The molecule has 0 radical (unpaired) electrons. The van der Waals surface area contributed by atoms with Crippen LogP contribution in [0.25, 0.3) is 0 Å². The first kappa shape index (κ1) is 15.0. The Morgan fingerprint density at radius 2 is 1.95 bits per heavy atom. The van der Waals surface area contributed by atoms with Crippen molar-refractivity contribution in [1.29, 1.82) is 0 Å². The molecular formula is C16H28N2S. The Bertz CT molecular complexity index is 365. The van der Waals surface area contributed by atoms with Crippen LogP contribution in [0.4, 0.5) is 0 Å². The molecule has 1 aliphatic rings. The molecule has 0 saturated carbocycles. The van der Waals surface area contributed by atoms with E-state index in [2.05, 4.69) is 43.1 Å². The van der Waals surface area contributed by atoms with Crippen molar-refractivity contribution >= 4 is 11.3 Å². The van der Waals surface area contributed by atoms with Crippen LogP contribution < -0.4 is 5.32 Å². The van der Waals surface area contributed by atoms with Gasteiger partial charge in [0.2, 0.25) is 0 Å². The number of piperidine rings is 1. The molecule has 108 valence electrons.